The Kier molecular flexibility index (Phi) is 6.64. The highest BCUT2D eigenvalue weighted by atomic mass is 79.9. The SMILES string of the molecule is CCCO[P@](=O)(c1ccc(N(C)C)cc1)[C@@H](O)c1ccc(Br)cc1. The molecule has 0 aliphatic heterocycles. The second-order valence-electron chi connectivity index (χ2n) is 5.77. The van der Waals surface area contributed by atoms with Gasteiger partial charge in [0.25, 0.3) is 7.37 Å². The Morgan fingerprint density at radius 1 is 1.12 bits per heavy atom. The van der Waals surface area contributed by atoms with Gasteiger partial charge < -0.3 is 14.5 Å². The lowest BCUT2D eigenvalue weighted by atomic mass is 10.2. The third-order valence-corrected chi connectivity index (χ3v) is 6.76. The minimum atomic E-state index is -3.44. The van der Waals surface area contributed by atoms with E-state index in [2.05, 4.69) is 15.9 Å². The van der Waals surface area contributed by atoms with Crippen LogP contribution in [0.1, 0.15) is 24.8 Å². The molecule has 0 saturated heterocycles. The maximum absolute atomic E-state index is 13.5. The normalized spacial score (nSPS) is 14.9. The van der Waals surface area contributed by atoms with Gasteiger partial charge in [-0.05, 0) is 48.4 Å². The zero-order valence-electron chi connectivity index (χ0n) is 14.1. The van der Waals surface area contributed by atoms with Crippen LogP contribution in [0, 0.1) is 0 Å². The van der Waals surface area contributed by atoms with E-state index in [9.17, 15) is 9.67 Å². The van der Waals surface area contributed by atoms with E-state index < -0.39 is 13.2 Å². The topological polar surface area (TPSA) is 49.8 Å². The summed E-state index contributed by atoms with van der Waals surface area (Å²) in [4.78, 5) is 1.97. The van der Waals surface area contributed by atoms with Gasteiger partial charge in [0.15, 0.2) is 5.85 Å². The Bertz CT molecular complexity index is 701. The van der Waals surface area contributed by atoms with Crippen LogP contribution in [0.2, 0.25) is 0 Å². The maximum Gasteiger partial charge on any atom is 0.264 e. The van der Waals surface area contributed by atoms with Crippen LogP contribution in [0.5, 0.6) is 0 Å². The van der Waals surface area contributed by atoms with Crippen molar-refractivity contribution in [1.29, 1.82) is 0 Å². The second-order valence-corrected chi connectivity index (χ2v) is 9.14. The summed E-state index contributed by atoms with van der Waals surface area (Å²) in [7, 11) is 0.442. The van der Waals surface area contributed by atoms with Crippen LogP contribution in [0.15, 0.2) is 53.0 Å². The number of halogens is 1. The highest BCUT2D eigenvalue weighted by Gasteiger charge is 2.36. The molecule has 4 nitrogen and oxygen atoms in total. The van der Waals surface area contributed by atoms with Gasteiger partial charge in [-0.1, -0.05) is 35.0 Å². The van der Waals surface area contributed by atoms with Gasteiger partial charge in [-0.25, -0.2) is 0 Å². The Labute approximate surface area is 152 Å². The number of hydrogen-bond acceptors (Lipinski definition) is 4. The van der Waals surface area contributed by atoms with Crippen LogP contribution in [-0.2, 0) is 9.09 Å². The van der Waals surface area contributed by atoms with Gasteiger partial charge >= 0.3 is 0 Å². The van der Waals surface area contributed by atoms with Crippen molar-refractivity contribution in [3.05, 3.63) is 58.6 Å². The third kappa shape index (κ3) is 4.28. The van der Waals surface area contributed by atoms with E-state index in [1.807, 2.05) is 50.2 Å². The predicted octanol–water partition coefficient (Wildman–Crippen LogP) is 4.54. The number of anilines is 1. The summed E-state index contributed by atoms with van der Waals surface area (Å²) in [5, 5.41) is 11.3. The van der Waals surface area contributed by atoms with Crippen molar-refractivity contribution >= 4 is 34.3 Å². The van der Waals surface area contributed by atoms with Crippen molar-refractivity contribution in [1.82, 2.24) is 0 Å². The molecule has 0 saturated carbocycles. The van der Waals surface area contributed by atoms with Gasteiger partial charge in [0.05, 0.1) is 6.61 Å². The zero-order valence-corrected chi connectivity index (χ0v) is 16.6. The maximum atomic E-state index is 13.5. The van der Waals surface area contributed by atoms with Gasteiger partial charge in [0, 0.05) is 29.6 Å². The van der Waals surface area contributed by atoms with Crippen molar-refractivity contribution < 1.29 is 14.2 Å². The van der Waals surface area contributed by atoms with E-state index in [0.29, 0.717) is 17.5 Å². The zero-order chi connectivity index (χ0) is 17.7. The summed E-state index contributed by atoms with van der Waals surface area (Å²) < 4.78 is 20.1. The first-order valence-electron chi connectivity index (χ1n) is 7.84. The highest BCUT2D eigenvalue weighted by molar-refractivity contribution is 9.10. The van der Waals surface area contributed by atoms with E-state index in [1.54, 1.807) is 24.3 Å². The fourth-order valence-electron chi connectivity index (χ4n) is 2.30. The molecule has 2 aromatic carbocycles. The molecule has 0 heterocycles. The number of benzene rings is 2. The highest BCUT2D eigenvalue weighted by Crippen LogP contribution is 2.57. The van der Waals surface area contributed by atoms with E-state index in [1.165, 1.54) is 0 Å². The molecule has 0 aliphatic carbocycles. The summed E-state index contributed by atoms with van der Waals surface area (Å²) in [6, 6.07) is 14.4. The lowest BCUT2D eigenvalue weighted by molar-refractivity contribution is 0.214. The van der Waals surface area contributed by atoms with E-state index in [4.69, 9.17) is 4.52 Å². The Morgan fingerprint density at radius 2 is 1.71 bits per heavy atom. The molecule has 6 heteroatoms. The predicted molar refractivity (Wildman–Crippen MR) is 103 cm³/mol. The number of aliphatic hydroxyl groups is 1. The Hall–Kier alpha value is -1.13. The van der Waals surface area contributed by atoms with Crippen molar-refractivity contribution in [2.24, 2.45) is 0 Å². The summed E-state index contributed by atoms with van der Waals surface area (Å²) in [5.74, 6) is -1.19. The quantitative estimate of drug-likeness (QED) is 0.679. The van der Waals surface area contributed by atoms with Crippen LogP contribution in [0.3, 0.4) is 0 Å². The molecular weight excluding hydrogens is 389 g/mol. The van der Waals surface area contributed by atoms with Crippen molar-refractivity contribution in [2.75, 3.05) is 25.6 Å². The molecule has 24 heavy (non-hydrogen) atoms. The first kappa shape index (κ1) is 19.2. The largest absolute Gasteiger partial charge is 0.378 e. The van der Waals surface area contributed by atoms with Gasteiger partial charge in [-0.2, -0.15) is 0 Å². The molecule has 1 N–H and O–H groups in total. The van der Waals surface area contributed by atoms with Gasteiger partial charge in [0.1, 0.15) is 0 Å². The number of nitrogens with zero attached hydrogens (tertiary/aromatic N) is 1. The number of hydrogen-bond donors (Lipinski definition) is 1. The minimum absolute atomic E-state index is 0.334. The van der Waals surface area contributed by atoms with Crippen molar-refractivity contribution in [3.63, 3.8) is 0 Å². The molecule has 0 bridgehead atoms. The Morgan fingerprint density at radius 3 is 2.21 bits per heavy atom. The smallest absolute Gasteiger partial charge is 0.264 e. The summed E-state index contributed by atoms with van der Waals surface area (Å²) in [5.41, 5.74) is 1.58. The fraction of sp³-hybridized carbons (Fsp3) is 0.333. The van der Waals surface area contributed by atoms with Crippen LogP contribution in [-0.4, -0.2) is 25.8 Å². The molecule has 130 valence electrons. The second kappa shape index (κ2) is 8.30. The minimum Gasteiger partial charge on any atom is -0.378 e. The first-order chi connectivity index (χ1) is 11.4. The third-order valence-electron chi connectivity index (χ3n) is 3.70. The van der Waals surface area contributed by atoms with E-state index >= 15 is 0 Å². The molecule has 0 aromatic heterocycles. The fourth-order valence-corrected chi connectivity index (χ4v) is 4.72. The number of rotatable bonds is 7. The molecule has 0 unspecified atom stereocenters. The van der Waals surface area contributed by atoms with Crippen molar-refractivity contribution in [3.8, 4) is 0 Å². The molecule has 2 atom stereocenters. The summed E-state index contributed by atoms with van der Waals surface area (Å²) >= 11 is 3.37. The van der Waals surface area contributed by atoms with E-state index in [-0.39, 0.29) is 0 Å². The monoisotopic (exact) mass is 411 g/mol. The van der Waals surface area contributed by atoms with Gasteiger partial charge in [0.2, 0.25) is 0 Å². The molecular formula is C18H23BrNO3P. The average Bonchev–Trinajstić information content (AvgIpc) is 2.59. The first-order valence-corrected chi connectivity index (χ1v) is 10.3. The van der Waals surface area contributed by atoms with Crippen LogP contribution >= 0.6 is 23.3 Å². The summed E-state index contributed by atoms with van der Waals surface area (Å²) in [6.45, 7) is 2.28. The average molecular weight is 412 g/mol. The molecule has 0 fully saturated rings. The van der Waals surface area contributed by atoms with Crippen LogP contribution < -0.4 is 10.2 Å². The molecule has 0 amide bonds. The van der Waals surface area contributed by atoms with Crippen LogP contribution in [0.4, 0.5) is 5.69 Å². The molecule has 0 spiro atoms. The molecule has 2 rings (SSSR count). The summed E-state index contributed by atoms with van der Waals surface area (Å²) in [6.07, 6.45) is 0.729. The Balaban J connectivity index is 2.41. The van der Waals surface area contributed by atoms with Crippen molar-refractivity contribution in [2.45, 2.75) is 19.2 Å². The van der Waals surface area contributed by atoms with Gasteiger partial charge in [-0.3, -0.25) is 4.57 Å². The van der Waals surface area contributed by atoms with Gasteiger partial charge in [-0.15, -0.1) is 0 Å². The number of aliphatic hydroxyl groups excluding tert-OH is 1. The molecule has 0 radical (unpaired) electrons. The van der Waals surface area contributed by atoms with Crippen LogP contribution in [0.25, 0.3) is 0 Å². The molecule has 0 aliphatic rings. The molecule has 2 aromatic rings. The lowest BCUT2D eigenvalue weighted by Crippen LogP contribution is -2.16. The standard InChI is InChI=1S/C18H23BrNO3P/c1-4-13-23-24(22,17-11-9-16(10-12-17)20(2)3)18(21)14-5-7-15(19)8-6-14/h5-12,18,21H,4,13H2,1-3H3/t18-,24-/m1/s1. The lowest BCUT2D eigenvalue weighted by Gasteiger charge is -2.25. The van der Waals surface area contributed by atoms with E-state index in [0.717, 1.165) is 16.6 Å².